The third-order valence-electron chi connectivity index (χ3n) is 8.06. The van der Waals surface area contributed by atoms with Crippen LogP contribution in [0.2, 0.25) is 0 Å². The summed E-state index contributed by atoms with van der Waals surface area (Å²) >= 11 is 1.26. The first-order valence-corrected chi connectivity index (χ1v) is 16.2. The van der Waals surface area contributed by atoms with E-state index >= 15 is 0 Å². The minimum atomic E-state index is -0.759. The highest BCUT2D eigenvalue weighted by Gasteiger charge is 2.34. The number of carbonyl (C=O) groups is 1. The molecule has 3 heterocycles. The van der Waals surface area contributed by atoms with Crippen molar-refractivity contribution in [2.24, 2.45) is 4.99 Å². The van der Waals surface area contributed by atoms with Crippen LogP contribution in [0.1, 0.15) is 43.5 Å². The highest BCUT2D eigenvalue weighted by atomic mass is 32.1. The number of carbonyl (C=O) groups excluding carboxylic acids is 1. The van der Waals surface area contributed by atoms with E-state index in [4.69, 9.17) is 23.7 Å². The number of benzene rings is 4. The van der Waals surface area contributed by atoms with Crippen molar-refractivity contribution in [3.63, 3.8) is 0 Å². The van der Waals surface area contributed by atoms with Crippen molar-refractivity contribution >= 4 is 34.2 Å². The highest BCUT2D eigenvalue weighted by Crippen LogP contribution is 2.38. The van der Waals surface area contributed by atoms with Crippen molar-refractivity contribution in [2.45, 2.75) is 33.4 Å². The number of aromatic nitrogens is 1. The van der Waals surface area contributed by atoms with Crippen LogP contribution >= 0.6 is 11.3 Å². The molecule has 238 valence electrons. The van der Waals surface area contributed by atoms with Gasteiger partial charge >= 0.3 is 5.97 Å². The van der Waals surface area contributed by atoms with Crippen molar-refractivity contribution in [3.05, 3.63) is 127 Å². The smallest absolute Gasteiger partial charge is 0.338 e. The summed E-state index contributed by atoms with van der Waals surface area (Å²) in [6.07, 6.45) is 1.81. The maximum Gasteiger partial charge on any atom is 0.338 e. The van der Waals surface area contributed by atoms with E-state index in [0.717, 1.165) is 21.9 Å². The minimum absolute atomic E-state index is 0.109. The molecule has 0 aliphatic carbocycles. The molecule has 0 fully saturated rings. The third-order valence-corrected chi connectivity index (χ3v) is 9.04. The van der Waals surface area contributed by atoms with Gasteiger partial charge in [-0.05, 0) is 78.6 Å². The van der Waals surface area contributed by atoms with E-state index < -0.39 is 12.0 Å². The molecule has 0 amide bonds. The molecule has 5 aromatic rings. The molecule has 0 bridgehead atoms. The van der Waals surface area contributed by atoms with E-state index in [-0.39, 0.29) is 19.0 Å². The van der Waals surface area contributed by atoms with E-state index in [1.807, 2.05) is 49.4 Å². The summed E-state index contributed by atoms with van der Waals surface area (Å²) in [6, 6.07) is 24.7. The lowest BCUT2D eigenvalue weighted by Crippen LogP contribution is -2.39. The number of allylic oxidation sites excluding steroid dienone is 1. The lowest BCUT2D eigenvalue weighted by atomic mass is 9.95. The Kier molecular flexibility index (Phi) is 8.26. The Hall–Kier alpha value is -5.35. The number of esters is 1. The monoisotopic (exact) mass is 648 g/mol. The van der Waals surface area contributed by atoms with Crippen LogP contribution in [0.15, 0.2) is 99.9 Å². The molecule has 9 nitrogen and oxygen atoms in total. The number of rotatable bonds is 9. The molecule has 10 heteroatoms. The summed E-state index contributed by atoms with van der Waals surface area (Å²) in [4.78, 5) is 32.5. The predicted octanol–water partition coefficient (Wildman–Crippen LogP) is 5.66. The normalized spacial score (nSPS) is 15.4. The Balaban J connectivity index is 1.26. The van der Waals surface area contributed by atoms with Crippen molar-refractivity contribution in [1.29, 1.82) is 0 Å². The predicted molar refractivity (Wildman–Crippen MR) is 179 cm³/mol. The first-order valence-electron chi connectivity index (χ1n) is 15.4. The van der Waals surface area contributed by atoms with Crippen molar-refractivity contribution in [2.75, 3.05) is 20.0 Å². The van der Waals surface area contributed by atoms with Gasteiger partial charge in [0.25, 0.3) is 5.56 Å². The largest absolute Gasteiger partial charge is 0.490 e. The lowest BCUT2D eigenvalue weighted by molar-refractivity contribution is -0.139. The van der Waals surface area contributed by atoms with Gasteiger partial charge in [-0.1, -0.05) is 65.9 Å². The Bertz CT molecular complexity index is 2230. The van der Waals surface area contributed by atoms with Crippen LogP contribution in [0.25, 0.3) is 16.8 Å². The van der Waals surface area contributed by atoms with Gasteiger partial charge in [-0.3, -0.25) is 9.36 Å². The Morgan fingerprint density at radius 2 is 1.79 bits per heavy atom. The van der Waals surface area contributed by atoms with Crippen LogP contribution < -0.4 is 33.8 Å². The molecule has 0 radical (unpaired) electrons. The highest BCUT2D eigenvalue weighted by molar-refractivity contribution is 7.07. The first-order chi connectivity index (χ1) is 22.9. The number of nitrogens with zero attached hydrogens (tertiary/aromatic N) is 2. The van der Waals surface area contributed by atoms with Crippen LogP contribution in [0.5, 0.6) is 23.0 Å². The van der Waals surface area contributed by atoms with Crippen LogP contribution in [-0.2, 0) is 16.1 Å². The van der Waals surface area contributed by atoms with Crippen LogP contribution in [0, 0.1) is 0 Å². The summed E-state index contributed by atoms with van der Waals surface area (Å²) in [5.74, 6) is 1.82. The Morgan fingerprint density at radius 1 is 0.957 bits per heavy atom. The summed E-state index contributed by atoms with van der Waals surface area (Å²) in [7, 11) is 0. The van der Waals surface area contributed by atoms with Gasteiger partial charge in [0.1, 0.15) is 6.61 Å². The second-order valence-electron chi connectivity index (χ2n) is 11.0. The fourth-order valence-electron chi connectivity index (χ4n) is 5.92. The van der Waals surface area contributed by atoms with Gasteiger partial charge in [0.15, 0.2) is 27.8 Å². The van der Waals surface area contributed by atoms with Gasteiger partial charge in [0.05, 0.1) is 35.1 Å². The van der Waals surface area contributed by atoms with E-state index in [1.54, 1.807) is 36.6 Å². The van der Waals surface area contributed by atoms with Gasteiger partial charge in [0.2, 0.25) is 6.79 Å². The molecule has 0 saturated carbocycles. The first kappa shape index (κ1) is 30.3. The third kappa shape index (κ3) is 5.76. The molecule has 47 heavy (non-hydrogen) atoms. The second kappa shape index (κ2) is 12.8. The summed E-state index contributed by atoms with van der Waals surface area (Å²) < 4.78 is 30.8. The Labute approximate surface area is 274 Å². The van der Waals surface area contributed by atoms with E-state index in [9.17, 15) is 9.59 Å². The second-order valence-corrected chi connectivity index (χ2v) is 12.0. The number of hydrogen-bond donors (Lipinski definition) is 0. The fraction of sp³-hybridized carbons (Fsp3) is 0.216. The number of ether oxygens (including phenoxy) is 5. The zero-order chi connectivity index (χ0) is 32.5. The zero-order valence-electron chi connectivity index (χ0n) is 26.1. The van der Waals surface area contributed by atoms with E-state index in [1.165, 1.54) is 11.3 Å². The van der Waals surface area contributed by atoms with E-state index in [0.29, 0.717) is 62.4 Å². The molecule has 0 unspecified atom stereocenters. The average Bonchev–Trinajstić information content (AvgIpc) is 3.67. The molecule has 7 rings (SSSR count). The maximum atomic E-state index is 14.1. The SMILES string of the molecule is CCOC(=O)C1=C(C)N=c2s/c(=C\c3ccc(OCc4cccc5ccccc45)c(OCC)c3)c(=O)n2[C@H]1c1ccc2c(c1)OCO2. The van der Waals surface area contributed by atoms with Crippen LogP contribution in [0.4, 0.5) is 0 Å². The molecule has 2 aliphatic heterocycles. The maximum absolute atomic E-state index is 14.1. The molecule has 1 atom stereocenters. The molecular formula is C37H32N2O7S. The molecule has 2 aliphatic rings. The summed E-state index contributed by atoms with van der Waals surface area (Å²) in [5, 5.41) is 2.29. The van der Waals surface area contributed by atoms with Gasteiger partial charge in [0, 0.05) is 0 Å². The van der Waals surface area contributed by atoms with Crippen LogP contribution in [-0.4, -0.2) is 30.5 Å². The summed E-state index contributed by atoms with van der Waals surface area (Å²) in [6.45, 7) is 6.54. The molecular weight excluding hydrogens is 616 g/mol. The number of fused-ring (bicyclic) bond motifs is 3. The standard InChI is InChI=1S/C37H32N2O7S/c1-4-42-30-17-23(13-15-28(30)44-20-26-11-8-10-24-9-6-7-12-27(24)26)18-32-35(40)39-34(25-14-16-29-31(19-25)46-21-45-29)33(36(41)43-5-2)22(3)38-37(39)47-32/h6-19,34H,4-5,20-21H2,1-3H3/b32-18-/t34-/m0/s1. The average molecular weight is 649 g/mol. The molecule has 0 N–H and O–H groups in total. The Morgan fingerprint density at radius 3 is 2.64 bits per heavy atom. The van der Waals surface area contributed by atoms with Gasteiger partial charge in [-0.15, -0.1) is 0 Å². The molecule has 0 saturated heterocycles. The van der Waals surface area contributed by atoms with Crippen LogP contribution in [0.3, 0.4) is 0 Å². The van der Waals surface area contributed by atoms with E-state index in [2.05, 4.69) is 29.3 Å². The molecule has 1 aromatic heterocycles. The topological polar surface area (TPSA) is 97.6 Å². The zero-order valence-corrected chi connectivity index (χ0v) is 27.0. The number of hydrogen-bond acceptors (Lipinski definition) is 9. The lowest BCUT2D eigenvalue weighted by Gasteiger charge is -2.24. The van der Waals surface area contributed by atoms with Gasteiger partial charge in [-0.2, -0.15) is 0 Å². The van der Waals surface area contributed by atoms with Gasteiger partial charge in [-0.25, -0.2) is 9.79 Å². The molecule has 0 spiro atoms. The minimum Gasteiger partial charge on any atom is -0.490 e. The van der Waals surface area contributed by atoms with Crippen molar-refractivity contribution in [1.82, 2.24) is 4.57 Å². The fourth-order valence-corrected chi connectivity index (χ4v) is 6.96. The molecule has 4 aromatic carbocycles. The summed E-state index contributed by atoms with van der Waals surface area (Å²) in [5.41, 5.74) is 3.04. The quantitative estimate of drug-likeness (QED) is 0.190. The number of thiazole rings is 1. The van der Waals surface area contributed by atoms with Crippen molar-refractivity contribution < 1.29 is 28.5 Å². The van der Waals surface area contributed by atoms with Gasteiger partial charge < -0.3 is 23.7 Å². The van der Waals surface area contributed by atoms with Crippen molar-refractivity contribution in [3.8, 4) is 23.0 Å².